The zero-order valence-electron chi connectivity index (χ0n) is 9.08. The van der Waals surface area contributed by atoms with Crippen LogP contribution in [0.2, 0.25) is 0 Å². The number of cyclic esters (lactones) is 1. The van der Waals surface area contributed by atoms with Gasteiger partial charge in [-0.3, -0.25) is 0 Å². The highest BCUT2D eigenvalue weighted by atomic mass is 16.5. The summed E-state index contributed by atoms with van der Waals surface area (Å²) in [5, 5.41) is 0. The summed E-state index contributed by atoms with van der Waals surface area (Å²) in [4.78, 5) is 11.4. The van der Waals surface area contributed by atoms with Crippen molar-refractivity contribution in [2.45, 2.75) is 19.8 Å². The van der Waals surface area contributed by atoms with E-state index in [9.17, 15) is 4.79 Å². The Bertz CT molecular complexity index is 346. The van der Waals surface area contributed by atoms with Crippen LogP contribution in [0.3, 0.4) is 0 Å². The molecule has 0 amide bonds. The van der Waals surface area contributed by atoms with Gasteiger partial charge in [0, 0.05) is 5.57 Å². The van der Waals surface area contributed by atoms with Crippen LogP contribution in [0, 0.1) is 0 Å². The van der Waals surface area contributed by atoms with Crippen molar-refractivity contribution in [1.82, 2.24) is 0 Å². The summed E-state index contributed by atoms with van der Waals surface area (Å²) in [6, 6.07) is 0. The van der Waals surface area contributed by atoms with Crippen LogP contribution in [0.4, 0.5) is 0 Å². The molecule has 0 aromatic carbocycles. The van der Waals surface area contributed by atoms with Crippen LogP contribution < -0.4 is 0 Å². The number of ether oxygens (including phenoxy) is 1. The maximum absolute atomic E-state index is 11.4. The molecule has 0 aliphatic carbocycles. The predicted molar refractivity (Wildman–Crippen MR) is 61.4 cm³/mol. The molecule has 0 atom stereocenters. The van der Waals surface area contributed by atoms with Crippen LogP contribution in [-0.2, 0) is 9.53 Å². The fourth-order valence-corrected chi connectivity index (χ4v) is 1.65. The van der Waals surface area contributed by atoms with Crippen LogP contribution in [0.15, 0.2) is 48.1 Å². The lowest BCUT2D eigenvalue weighted by Gasteiger charge is -2.04. The van der Waals surface area contributed by atoms with Gasteiger partial charge in [-0.2, -0.15) is 0 Å². The molecule has 1 aliphatic heterocycles. The summed E-state index contributed by atoms with van der Waals surface area (Å²) in [6.45, 7) is 9.76. The van der Waals surface area contributed by atoms with E-state index in [2.05, 4.69) is 20.1 Å². The number of carbonyl (C=O) groups excluding carboxylic acids is 1. The summed E-state index contributed by atoms with van der Waals surface area (Å²) >= 11 is 0. The van der Waals surface area contributed by atoms with E-state index in [1.165, 1.54) is 5.57 Å². The van der Waals surface area contributed by atoms with Crippen molar-refractivity contribution in [3.8, 4) is 0 Å². The highest BCUT2D eigenvalue weighted by molar-refractivity contribution is 5.97. The van der Waals surface area contributed by atoms with E-state index in [1.54, 1.807) is 12.2 Å². The molecule has 1 saturated heterocycles. The van der Waals surface area contributed by atoms with Gasteiger partial charge < -0.3 is 4.74 Å². The molecule has 0 bridgehead atoms. The first kappa shape index (κ1) is 11.5. The largest absolute Gasteiger partial charge is 0.457 e. The van der Waals surface area contributed by atoms with E-state index in [-0.39, 0.29) is 5.97 Å². The van der Waals surface area contributed by atoms with Gasteiger partial charge in [-0.1, -0.05) is 31.2 Å². The highest BCUT2D eigenvalue weighted by Crippen LogP contribution is 2.27. The van der Waals surface area contributed by atoms with E-state index in [1.807, 2.05) is 6.08 Å². The van der Waals surface area contributed by atoms with Crippen molar-refractivity contribution in [2.24, 2.45) is 0 Å². The van der Waals surface area contributed by atoms with Gasteiger partial charge in [0.2, 0.25) is 0 Å². The average molecular weight is 204 g/mol. The summed E-state index contributed by atoms with van der Waals surface area (Å²) in [6.07, 6.45) is 6.89. The zero-order valence-corrected chi connectivity index (χ0v) is 9.08. The quantitative estimate of drug-likeness (QED) is 0.400. The summed E-state index contributed by atoms with van der Waals surface area (Å²) in [5.41, 5.74) is 2.86. The third-order valence-corrected chi connectivity index (χ3v) is 2.42. The molecule has 0 aromatic heterocycles. The number of allylic oxidation sites excluding steroid dienone is 4. The van der Waals surface area contributed by atoms with E-state index in [0.29, 0.717) is 12.2 Å². The van der Waals surface area contributed by atoms with Gasteiger partial charge in [0.15, 0.2) is 0 Å². The summed E-state index contributed by atoms with van der Waals surface area (Å²) in [7, 11) is 0. The number of hydrogen-bond donors (Lipinski definition) is 0. The highest BCUT2D eigenvalue weighted by Gasteiger charge is 2.25. The Kier molecular flexibility index (Phi) is 4.10. The van der Waals surface area contributed by atoms with Gasteiger partial charge in [0.25, 0.3) is 0 Å². The maximum Gasteiger partial charge on any atom is 0.338 e. The number of carbonyl (C=O) groups is 1. The third kappa shape index (κ3) is 2.46. The standard InChI is InChI=1S/C13H16O2/c1-4-7-10(6-3)12-9-15-13(14)11(12)8-5-2/h4-5,8H,1-2,6-7,9H2,3H3/b11-8+,12-10-. The van der Waals surface area contributed by atoms with Crippen molar-refractivity contribution in [3.05, 3.63) is 48.1 Å². The molecular formula is C13H16O2. The molecule has 2 nitrogen and oxygen atoms in total. The van der Waals surface area contributed by atoms with E-state index in [0.717, 1.165) is 18.4 Å². The molecule has 15 heavy (non-hydrogen) atoms. The van der Waals surface area contributed by atoms with E-state index in [4.69, 9.17) is 4.74 Å². The Labute approximate surface area is 90.6 Å². The molecule has 0 saturated carbocycles. The SMILES string of the molecule is C=C/C=C1/C(=O)OC/C1=C(\CC)CC=C. The molecule has 1 heterocycles. The minimum atomic E-state index is -0.250. The molecular weight excluding hydrogens is 188 g/mol. The number of hydrogen-bond acceptors (Lipinski definition) is 2. The van der Waals surface area contributed by atoms with Crippen LogP contribution in [0.5, 0.6) is 0 Å². The Balaban J connectivity index is 3.11. The van der Waals surface area contributed by atoms with Crippen LogP contribution in [-0.4, -0.2) is 12.6 Å². The molecule has 0 N–H and O–H groups in total. The maximum atomic E-state index is 11.4. The molecule has 80 valence electrons. The van der Waals surface area contributed by atoms with Gasteiger partial charge in [0.05, 0.1) is 5.57 Å². The normalized spacial score (nSPS) is 21.4. The smallest absolute Gasteiger partial charge is 0.338 e. The fourth-order valence-electron chi connectivity index (χ4n) is 1.65. The lowest BCUT2D eigenvalue weighted by molar-refractivity contribution is -0.134. The average Bonchev–Trinajstić information content (AvgIpc) is 2.58. The van der Waals surface area contributed by atoms with Crippen LogP contribution in [0.25, 0.3) is 0 Å². The van der Waals surface area contributed by atoms with Gasteiger partial charge >= 0.3 is 5.97 Å². The molecule has 0 aromatic rings. The first-order valence-electron chi connectivity index (χ1n) is 5.06. The van der Waals surface area contributed by atoms with Crippen molar-refractivity contribution >= 4 is 5.97 Å². The molecule has 1 aliphatic rings. The lowest BCUT2D eigenvalue weighted by Crippen LogP contribution is -1.96. The Hall–Kier alpha value is -1.57. The zero-order chi connectivity index (χ0) is 11.3. The Morgan fingerprint density at radius 3 is 2.80 bits per heavy atom. The third-order valence-electron chi connectivity index (χ3n) is 2.42. The van der Waals surface area contributed by atoms with Crippen molar-refractivity contribution < 1.29 is 9.53 Å². The van der Waals surface area contributed by atoms with Gasteiger partial charge in [-0.15, -0.1) is 6.58 Å². The molecule has 0 unspecified atom stereocenters. The van der Waals surface area contributed by atoms with Gasteiger partial charge in [-0.05, 0) is 18.9 Å². The van der Waals surface area contributed by atoms with Crippen molar-refractivity contribution in [1.29, 1.82) is 0 Å². The van der Waals surface area contributed by atoms with E-state index < -0.39 is 0 Å². The lowest BCUT2D eigenvalue weighted by atomic mass is 9.98. The van der Waals surface area contributed by atoms with E-state index >= 15 is 0 Å². The second-order valence-corrected chi connectivity index (χ2v) is 3.32. The Morgan fingerprint density at radius 2 is 2.27 bits per heavy atom. The number of esters is 1. The van der Waals surface area contributed by atoms with Gasteiger partial charge in [0.1, 0.15) is 6.61 Å². The second-order valence-electron chi connectivity index (χ2n) is 3.32. The van der Waals surface area contributed by atoms with Crippen molar-refractivity contribution in [3.63, 3.8) is 0 Å². The molecule has 1 rings (SSSR count). The minimum Gasteiger partial charge on any atom is -0.457 e. The molecule has 0 spiro atoms. The first-order chi connectivity index (χ1) is 7.24. The minimum absolute atomic E-state index is 0.250. The van der Waals surface area contributed by atoms with Crippen molar-refractivity contribution in [2.75, 3.05) is 6.61 Å². The predicted octanol–water partition coefficient (Wildman–Crippen LogP) is 2.94. The molecule has 0 radical (unpaired) electrons. The molecule has 2 heteroatoms. The van der Waals surface area contributed by atoms with Crippen LogP contribution >= 0.6 is 0 Å². The fraction of sp³-hybridized carbons (Fsp3) is 0.308. The second kappa shape index (κ2) is 5.35. The molecule has 1 fully saturated rings. The van der Waals surface area contributed by atoms with Gasteiger partial charge in [-0.25, -0.2) is 4.79 Å². The topological polar surface area (TPSA) is 26.3 Å². The summed E-state index contributed by atoms with van der Waals surface area (Å²) in [5.74, 6) is -0.250. The first-order valence-corrected chi connectivity index (χ1v) is 5.06. The Morgan fingerprint density at radius 1 is 1.53 bits per heavy atom. The monoisotopic (exact) mass is 204 g/mol. The summed E-state index contributed by atoms with van der Waals surface area (Å²) < 4.78 is 5.01. The number of rotatable bonds is 4. The van der Waals surface area contributed by atoms with Crippen LogP contribution in [0.1, 0.15) is 19.8 Å².